The Labute approximate surface area is 130 Å². The Bertz CT molecular complexity index is 636. The van der Waals surface area contributed by atoms with Crippen molar-refractivity contribution in [3.63, 3.8) is 0 Å². The molecule has 3 nitrogen and oxygen atoms in total. The van der Waals surface area contributed by atoms with Crippen molar-refractivity contribution in [2.24, 2.45) is 0 Å². The van der Waals surface area contributed by atoms with Crippen molar-refractivity contribution in [3.8, 4) is 11.3 Å². The Balaban J connectivity index is 1.97. The maximum absolute atomic E-state index is 6.14. The van der Waals surface area contributed by atoms with Crippen molar-refractivity contribution in [2.75, 3.05) is 0 Å². The van der Waals surface area contributed by atoms with Crippen molar-refractivity contribution < 1.29 is 9.31 Å². The van der Waals surface area contributed by atoms with E-state index in [-0.39, 0.29) is 18.3 Å². The smallest absolute Gasteiger partial charge is 0.399 e. The van der Waals surface area contributed by atoms with Crippen LogP contribution in [0.25, 0.3) is 11.3 Å². The summed E-state index contributed by atoms with van der Waals surface area (Å²) in [6, 6.07) is 6.38. The van der Waals surface area contributed by atoms with E-state index in [0.717, 1.165) is 16.7 Å². The SMILES string of the molecule is Cc1cc(B2OC(C)(C)C(C)(C)O2)cc(-c2cscn2)c1. The minimum Gasteiger partial charge on any atom is -0.399 e. The molecular weight excluding hydrogens is 281 g/mol. The third kappa shape index (κ3) is 2.66. The molecule has 0 amide bonds. The van der Waals surface area contributed by atoms with Gasteiger partial charge in [0.15, 0.2) is 0 Å². The second-order valence-electron chi connectivity index (χ2n) is 6.59. The van der Waals surface area contributed by atoms with Gasteiger partial charge in [0.25, 0.3) is 0 Å². The van der Waals surface area contributed by atoms with E-state index in [2.05, 4.69) is 63.2 Å². The minimum absolute atomic E-state index is 0.317. The van der Waals surface area contributed by atoms with Gasteiger partial charge in [0.05, 0.1) is 22.4 Å². The first kappa shape index (κ1) is 14.8. The highest BCUT2D eigenvalue weighted by Crippen LogP contribution is 2.36. The molecule has 110 valence electrons. The highest BCUT2D eigenvalue weighted by Gasteiger charge is 2.51. The first-order chi connectivity index (χ1) is 9.78. The summed E-state index contributed by atoms with van der Waals surface area (Å²) >= 11 is 1.60. The summed E-state index contributed by atoms with van der Waals surface area (Å²) < 4.78 is 12.3. The summed E-state index contributed by atoms with van der Waals surface area (Å²) in [7, 11) is -0.327. The lowest BCUT2D eigenvalue weighted by molar-refractivity contribution is 0.00578. The average molecular weight is 301 g/mol. The molecule has 3 rings (SSSR count). The van der Waals surface area contributed by atoms with E-state index in [9.17, 15) is 0 Å². The number of nitrogens with zero attached hydrogens (tertiary/aromatic N) is 1. The molecule has 0 radical (unpaired) electrons. The van der Waals surface area contributed by atoms with E-state index in [1.807, 2.05) is 5.51 Å². The van der Waals surface area contributed by atoms with E-state index < -0.39 is 0 Å². The molecule has 1 aromatic carbocycles. The highest BCUT2D eigenvalue weighted by atomic mass is 32.1. The summed E-state index contributed by atoms with van der Waals surface area (Å²) in [6.07, 6.45) is 0. The van der Waals surface area contributed by atoms with Gasteiger partial charge in [0.1, 0.15) is 0 Å². The van der Waals surface area contributed by atoms with Crippen molar-refractivity contribution in [3.05, 3.63) is 34.7 Å². The van der Waals surface area contributed by atoms with Crippen LogP contribution < -0.4 is 5.46 Å². The van der Waals surface area contributed by atoms with Gasteiger partial charge in [-0.05, 0) is 46.1 Å². The molecule has 5 heteroatoms. The number of aryl methyl sites for hydroxylation is 1. The molecule has 0 spiro atoms. The molecule has 1 fully saturated rings. The van der Waals surface area contributed by atoms with Crippen LogP contribution in [-0.4, -0.2) is 23.3 Å². The van der Waals surface area contributed by atoms with Crippen LogP contribution in [-0.2, 0) is 9.31 Å². The Morgan fingerprint density at radius 3 is 2.29 bits per heavy atom. The first-order valence-electron chi connectivity index (χ1n) is 7.14. The van der Waals surface area contributed by atoms with Crippen LogP contribution in [0.1, 0.15) is 33.3 Å². The van der Waals surface area contributed by atoms with Gasteiger partial charge in [0, 0.05) is 10.9 Å². The van der Waals surface area contributed by atoms with Gasteiger partial charge in [-0.15, -0.1) is 11.3 Å². The van der Waals surface area contributed by atoms with Crippen LogP contribution >= 0.6 is 11.3 Å². The van der Waals surface area contributed by atoms with Crippen LogP contribution in [0, 0.1) is 6.92 Å². The second-order valence-corrected chi connectivity index (χ2v) is 7.31. The van der Waals surface area contributed by atoms with Crippen molar-refractivity contribution in [1.82, 2.24) is 4.98 Å². The van der Waals surface area contributed by atoms with Gasteiger partial charge >= 0.3 is 7.12 Å². The molecule has 21 heavy (non-hydrogen) atoms. The van der Waals surface area contributed by atoms with E-state index in [4.69, 9.17) is 9.31 Å². The standard InChI is InChI=1S/C16H20BNO2S/c1-11-6-12(14-9-21-10-18-14)8-13(7-11)17-19-15(2,3)16(4,5)20-17/h6-10H,1-5H3. The third-order valence-corrected chi connectivity index (χ3v) is 4.94. The van der Waals surface area contributed by atoms with E-state index in [1.54, 1.807) is 11.3 Å². The fourth-order valence-corrected chi connectivity index (χ4v) is 2.99. The summed E-state index contributed by atoms with van der Waals surface area (Å²) in [5.74, 6) is 0. The molecule has 0 bridgehead atoms. The maximum atomic E-state index is 6.14. The number of hydrogen-bond donors (Lipinski definition) is 0. The largest absolute Gasteiger partial charge is 0.494 e. The van der Waals surface area contributed by atoms with E-state index in [1.165, 1.54) is 5.56 Å². The maximum Gasteiger partial charge on any atom is 0.494 e. The van der Waals surface area contributed by atoms with Gasteiger partial charge in [-0.3, -0.25) is 0 Å². The summed E-state index contributed by atoms with van der Waals surface area (Å²) in [6.45, 7) is 10.4. The van der Waals surface area contributed by atoms with Gasteiger partial charge in [-0.1, -0.05) is 17.7 Å². The number of hydrogen-bond acceptors (Lipinski definition) is 4. The lowest BCUT2D eigenvalue weighted by Crippen LogP contribution is -2.41. The first-order valence-corrected chi connectivity index (χ1v) is 8.09. The summed E-state index contributed by atoms with van der Waals surface area (Å²) in [4.78, 5) is 4.39. The number of benzene rings is 1. The zero-order valence-electron chi connectivity index (χ0n) is 13.1. The van der Waals surface area contributed by atoms with Crippen molar-refractivity contribution in [1.29, 1.82) is 0 Å². The zero-order chi connectivity index (χ0) is 15.3. The number of thiazole rings is 1. The van der Waals surface area contributed by atoms with Crippen molar-refractivity contribution in [2.45, 2.75) is 45.8 Å². The summed E-state index contributed by atoms with van der Waals surface area (Å²) in [5.41, 5.74) is 5.57. The Kier molecular flexibility index (Phi) is 3.47. The molecule has 0 N–H and O–H groups in total. The fraction of sp³-hybridized carbons (Fsp3) is 0.438. The molecule has 0 saturated carbocycles. The van der Waals surface area contributed by atoms with E-state index >= 15 is 0 Å². The second kappa shape index (κ2) is 4.94. The highest BCUT2D eigenvalue weighted by molar-refractivity contribution is 7.07. The molecule has 1 aliphatic rings. The van der Waals surface area contributed by atoms with Gasteiger partial charge in [0.2, 0.25) is 0 Å². The fourth-order valence-electron chi connectivity index (χ4n) is 2.43. The number of rotatable bonds is 2. The molecule has 2 aromatic rings. The lowest BCUT2D eigenvalue weighted by atomic mass is 9.77. The molecule has 1 aromatic heterocycles. The minimum atomic E-state index is -0.327. The summed E-state index contributed by atoms with van der Waals surface area (Å²) in [5, 5.41) is 2.06. The molecule has 1 aliphatic heterocycles. The molecule has 0 unspecified atom stereocenters. The predicted octanol–water partition coefficient (Wildman–Crippen LogP) is 3.42. The molecule has 0 aliphatic carbocycles. The van der Waals surface area contributed by atoms with Gasteiger partial charge in [-0.2, -0.15) is 0 Å². The third-order valence-electron chi connectivity index (χ3n) is 4.35. The molecular formula is C16H20BNO2S. The average Bonchev–Trinajstić information content (AvgIpc) is 2.96. The van der Waals surface area contributed by atoms with Gasteiger partial charge < -0.3 is 9.31 Å². The van der Waals surface area contributed by atoms with Crippen LogP contribution in [0.3, 0.4) is 0 Å². The predicted molar refractivity (Wildman–Crippen MR) is 88.0 cm³/mol. The topological polar surface area (TPSA) is 31.4 Å². The molecule has 1 saturated heterocycles. The number of aromatic nitrogens is 1. The lowest BCUT2D eigenvalue weighted by Gasteiger charge is -2.32. The molecule has 2 heterocycles. The molecule has 0 atom stereocenters. The van der Waals surface area contributed by atoms with Crippen LogP contribution in [0.5, 0.6) is 0 Å². The van der Waals surface area contributed by atoms with Crippen LogP contribution in [0.15, 0.2) is 29.1 Å². The Hall–Kier alpha value is -1.17. The Morgan fingerprint density at radius 2 is 1.71 bits per heavy atom. The van der Waals surface area contributed by atoms with Crippen LogP contribution in [0.4, 0.5) is 0 Å². The Morgan fingerprint density at radius 1 is 1.05 bits per heavy atom. The van der Waals surface area contributed by atoms with Crippen molar-refractivity contribution >= 4 is 23.9 Å². The quantitative estimate of drug-likeness (QED) is 0.797. The van der Waals surface area contributed by atoms with E-state index in [0.29, 0.717) is 0 Å². The monoisotopic (exact) mass is 301 g/mol. The van der Waals surface area contributed by atoms with Crippen LogP contribution in [0.2, 0.25) is 0 Å². The van der Waals surface area contributed by atoms with Gasteiger partial charge in [-0.25, -0.2) is 4.98 Å². The normalized spacial score (nSPS) is 20.0. The zero-order valence-corrected chi connectivity index (χ0v) is 14.0.